The van der Waals surface area contributed by atoms with Crippen LogP contribution in [0, 0.1) is 6.92 Å². The molecule has 4 aromatic rings. The third-order valence-corrected chi connectivity index (χ3v) is 5.15. The summed E-state index contributed by atoms with van der Waals surface area (Å²) in [6, 6.07) is 17.6. The van der Waals surface area contributed by atoms with Crippen molar-refractivity contribution in [2.45, 2.75) is 13.8 Å². The van der Waals surface area contributed by atoms with E-state index in [4.69, 9.17) is 16.0 Å². The maximum absolute atomic E-state index is 13.1. The number of carbonyl (C=O) groups excluding carboxylic acids is 1. The molecule has 0 bridgehead atoms. The lowest BCUT2D eigenvalue weighted by atomic mass is 10.0. The minimum Gasteiger partial charge on any atom is -0.507 e. The van der Waals surface area contributed by atoms with Gasteiger partial charge in [0.2, 0.25) is 0 Å². The number of aromatic nitrogens is 1. The number of hydrogen-bond acceptors (Lipinski definition) is 6. The van der Waals surface area contributed by atoms with Crippen LogP contribution in [0.15, 0.2) is 75.0 Å². The lowest BCUT2D eigenvalue weighted by molar-refractivity contribution is 0.0956. The van der Waals surface area contributed by atoms with E-state index < -0.39 is 11.5 Å². The van der Waals surface area contributed by atoms with Crippen molar-refractivity contribution in [1.29, 1.82) is 0 Å². The number of nitrogens with zero attached hydrogens (tertiary/aromatic N) is 2. The number of pyridine rings is 1. The second kappa shape index (κ2) is 8.64. The Labute approximate surface area is 188 Å². The first-order chi connectivity index (χ1) is 15.3. The molecule has 0 aliphatic carbocycles. The molecule has 2 aromatic heterocycles. The van der Waals surface area contributed by atoms with Crippen LogP contribution in [-0.2, 0) is 0 Å². The molecule has 160 valence electrons. The van der Waals surface area contributed by atoms with Crippen LogP contribution in [0.4, 0.5) is 0 Å². The van der Waals surface area contributed by atoms with Gasteiger partial charge in [0, 0.05) is 17.0 Å². The SMILES string of the molecule is C/C(=N\NC(=O)c1cc(-c2ccccc2)nc2c(Cl)cccc12)c1c(O)cc(C)oc1=O. The van der Waals surface area contributed by atoms with Crippen molar-refractivity contribution in [3.05, 3.63) is 93.0 Å². The third-order valence-electron chi connectivity index (χ3n) is 4.85. The van der Waals surface area contributed by atoms with Crippen LogP contribution in [0.5, 0.6) is 5.75 Å². The summed E-state index contributed by atoms with van der Waals surface area (Å²) in [7, 11) is 0. The van der Waals surface area contributed by atoms with Crippen molar-refractivity contribution < 1.29 is 14.3 Å². The summed E-state index contributed by atoms with van der Waals surface area (Å²) in [5.74, 6) is -0.532. The van der Waals surface area contributed by atoms with Gasteiger partial charge in [0.05, 0.1) is 27.5 Å². The van der Waals surface area contributed by atoms with Crippen LogP contribution in [0.25, 0.3) is 22.2 Å². The number of hydrazone groups is 1. The van der Waals surface area contributed by atoms with Crippen LogP contribution in [-0.4, -0.2) is 21.7 Å². The fourth-order valence-corrected chi connectivity index (χ4v) is 3.55. The maximum atomic E-state index is 13.1. The van der Waals surface area contributed by atoms with Gasteiger partial charge in [-0.15, -0.1) is 0 Å². The van der Waals surface area contributed by atoms with Crippen molar-refractivity contribution in [3.8, 4) is 17.0 Å². The molecule has 0 saturated carbocycles. The summed E-state index contributed by atoms with van der Waals surface area (Å²) < 4.78 is 5.01. The number of fused-ring (bicyclic) bond motifs is 1. The molecule has 2 heterocycles. The average Bonchev–Trinajstić information content (AvgIpc) is 2.77. The molecule has 0 aliphatic rings. The Morgan fingerprint density at radius 2 is 1.88 bits per heavy atom. The Hall–Kier alpha value is -3.97. The smallest absolute Gasteiger partial charge is 0.348 e. The fourth-order valence-electron chi connectivity index (χ4n) is 3.34. The first-order valence-electron chi connectivity index (χ1n) is 9.68. The van der Waals surface area contributed by atoms with Crippen LogP contribution < -0.4 is 11.1 Å². The third kappa shape index (κ3) is 4.10. The number of aromatic hydroxyl groups is 1. The maximum Gasteiger partial charge on any atom is 0.348 e. The van der Waals surface area contributed by atoms with Crippen LogP contribution in [0.3, 0.4) is 0 Å². The molecular formula is C24H18ClN3O4. The molecule has 2 N–H and O–H groups in total. The molecule has 0 spiro atoms. The summed E-state index contributed by atoms with van der Waals surface area (Å²) in [6.45, 7) is 3.03. The van der Waals surface area contributed by atoms with Gasteiger partial charge in [-0.2, -0.15) is 5.10 Å². The molecule has 1 amide bonds. The Balaban J connectivity index is 1.76. The van der Waals surface area contributed by atoms with Crippen molar-refractivity contribution >= 4 is 34.1 Å². The highest BCUT2D eigenvalue weighted by molar-refractivity contribution is 6.35. The van der Waals surface area contributed by atoms with E-state index in [2.05, 4.69) is 15.5 Å². The molecule has 0 aliphatic heterocycles. The van der Waals surface area contributed by atoms with Gasteiger partial charge in [-0.1, -0.05) is 54.1 Å². The second-order valence-corrected chi connectivity index (χ2v) is 7.51. The second-order valence-electron chi connectivity index (χ2n) is 7.10. The first kappa shape index (κ1) is 21.3. The van der Waals surface area contributed by atoms with E-state index in [9.17, 15) is 14.7 Å². The van der Waals surface area contributed by atoms with Gasteiger partial charge < -0.3 is 9.52 Å². The minimum atomic E-state index is -0.745. The van der Waals surface area contributed by atoms with Crippen molar-refractivity contribution in [2.24, 2.45) is 5.10 Å². The summed E-state index contributed by atoms with van der Waals surface area (Å²) in [5.41, 5.74) is 3.88. The fraction of sp³-hybridized carbons (Fsp3) is 0.0833. The van der Waals surface area contributed by atoms with Crippen molar-refractivity contribution in [3.63, 3.8) is 0 Å². The number of carbonyl (C=O) groups is 1. The number of para-hydroxylation sites is 1. The van der Waals surface area contributed by atoms with E-state index >= 15 is 0 Å². The number of benzene rings is 2. The largest absolute Gasteiger partial charge is 0.507 e. The zero-order valence-electron chi connectivity index (χ0n) is 17.2. The summed E-state index contributed by atoms with van der Waals surface area (Å²) in [6.07, 6.45) is 0. The molecule has 0 unspecified atom stereocenters. The van der Waals surface area contributed by atoms with E-state index in [0.717, 1.165) is 5.56 Å². The van der Waals surface area contributed by atoms with E-state index in [1.54, 1.807) is 31.2 Å². The highest BCUT2D eigenvalue weighted by Crippen LogP contribution is 2.29. The van der Waals surface area contributed by atoms with Gasteiger partial charge in [-0.25, -0.2) is 15.2 Å². The lowest BCUT2D eigenvalue weighted by Gasteiger charge is -2.10. The van der Waals surface area contributed by atoms with Gasteiger partial charge in [0.15, 0.2) is 0 Å². The number of amides is 1. The van der Waals surface area contributed by atoms with Crippen molar-refractivity contribution in [1.82, 2.24) is 10.4 Å². The number of halogens is 1. The standard InChI is InChI=1S/C24H18ClN3O4/c1-13-11-20(29)21(24(31)32-13)14(2)27-28-23(30)17-12-19(15-7-4-3-5-8-15)26-22-16(17)9-6-10-18(22)25/h3-12,29H,1-2H3,(H,28,30)/b27-14+. The summed E-state index contributed by atoms with van der Waals surface area (Å²) in [5, 5.41) is 15.0. The Kier molecular flexibility index (Phi) is 5.75. The van der Waals surface area contributed by atoms with Gasteiger partial charge in [0.1, 0.15) is 17.1 Å². The van der Waals surface area contributed by atoms with Crippen LogP contribution in [0.2, 0.25) is 5.02 Å². The molecule has 32 heavy (non-hydrogen) atoms. The van der Waals surface area contributed by atoms with E-state index in [0.29, 0.717) is 27.2 Å². The number of hydrogen-bond donors (Lipinski definition) is 2. The molecule has 4 rings (SSSR count). The molecule has 8 heteroatoms. The Morgan fingerprint density at radius 1 is 1.12 bits per heavy atom. The summed E-state index contributed by atoms with van der Waals surface area (Å²) >= 11 is 6.35. The Bertz CT molecular complexity index is 1430. The molecule has 0 atom stereocenters. The molecule has 0 fully saturated rings. The molecule has 0 radical (unpaired) electrons. The zero-order valence-corrected chi connectivity index (χ0v) is 18.0. The predicted octanol–water partition coefficient (Wildman–Crippen LogP) is 4.68. The lowest BCUT2D eigenvalue weighted by Crippen LogP contribution is -2.22. The van der Waals surface area contributed by atoms with Gasteiger partial charge in [-0.3, -0.25) is 4.79 Å². The molecule has 0 saturated heterocycles. The quantitative estimate of drug-likeness (QED) is 0.349. The highest BCUT2D eigenvalue weighted by Gasteiger charge is 2.17. The van der Waals surface area contributed by atoms with Gasteiger partial charge in [-0.05, 0) is 26.0 Å². The summed E-state index contributed by atoms with van der Waals surface area (Å²) in [4.78, 5) is 29.8. The highest BCUT2D eigenvalue weighted by atomic mass is 35.5. The van der Waals surface area contributed by atoms with E-state index in [-0.39, 0.29) is 22.8 Å². The predicted molar refractivity (Wildman–Crippen MR) is 123 cm³/mol. The topological polar surface area (TPSA) is 105 Å². The molecule has 2 aromatic carbocycles. The van der Waals surface area contributed by atoms with E-state index in [1.807, 2.05) is 30.3 Å². The monoisotopic (exact) mass is 447 g/mol. The normalized spacial score (nSPS) is 11.5. The molecule has 7 nitrogen and oxygen atoms in total. The zero-order chi connectivity index (χ0) is 22.8. The Morgan fingerprint density at radius 3 is 2.59 bits per heavy atom. The number of aryl methyl sites for hydroxylation is 1. The van der Waals surface area contributed by atoms with Gasteiger partial charge >= 0.3 is 5.63 Å². The average molecular weight is 448 g/mol. The number of rotatable bonds is 4. The van der Waals surface area contributed by atoms with Crippen LogP contribution >= 0.6 is 11.6 Å². The van der Waals surface area contributed by atoms with Crippen molar-refractivity contribution in [2.75, 3.05) is 0 Å². The van der Waals surface area contributed by atoms with Gasteiger partial charge in [0.25, 0.3) is 5.91 Å². The van der Waals surface area contributed by atoms with E-state index in [1.165, 1.54) is 13.0 Å². The first-order valence-corrected chi connectivity index (χ1v) is 10.1. The van der Waals surface area contributed by atoms with Crippen LogP contribution in [0.1, 0.15) is 28.6 Å². The molecular weight excluding hydrogens is 430 g/mol. The number of nitrogens with one attached hydrogen (secondary N) is 1. The minimum absolute atomic E-state index is 0.101.